The maximum Gasteiger partial charge on any atom is 0.0408 e. The Hall–Kier alpha value is -0.530. The highest BCUT2D eigenvalue weighted by molar-refractivity contribution is 6.30. The molecule has 1 N–H and O–H groups in total. The molecule has 1 fully saturated rings. The summed E-state index contributed by atoms with van der Waals surface area (Å²) in [7, 11) is 0. The SMILES string of the molecule is CCNCC1CCCCCC1c1cccc(Cl)c1. The van der Waals surface area contributed by atoms with E-state index >= 15 is 0 Å². The molecular weight excluding hydrogens is 242 g/mol. The normalized spacial score (nSPS) is 24.8. The van der Waals surface area contributed by atoms with E-state index in [2.05, 4.69) is 30.4 Å². The number of rotatable bonds is 4. The van der Waals surface area contributed by atoms with E-state index in [4.69, 9.17) is 11.6 Å². The highest BCUT2D eigenvalue weighted by Gasteiger charge is 2.24. The van der Waals surface area contributed by atoms with E-state index in [0.717, 1.165) is 24.0 Å². The van der Waals surface area contributed by atoms with Gasteiger partial charge in [0.05, 0.1) is 0 Å². The molecule has 0 saturated heterocycles. The molecule has 1 saturated carbocycles. The smallest absolute Gasteiger partial charge is 0.0408 e. The molecule has 100 valence electrons. The van der Waals surface area contributed by atoms with Crippen LogP contribution in [0.5, 0.6) is 0 Å². The van der Waals surface area contributed by atoms with Gasteiger partial charge < -0.3 is 5.32 Å². The van der Waals surface area contributed by atoms with Crippen LogP contribution in [0.25, 0.3) is 0 Å². The predicted octanol–water partition coefficient (Wildman–Crippen LogP) is 4.61. The van der Waals surface area contributed by atoms with Crippen LogP contribution in [0.15, 0.2) is 24.3 Å². The van der Waals surface area contributed by atoms with E-state index in [0.29, 0.717) is 5.92 Å². The average molecular weight is 266 g/mol. The summed E-state index contributed by atoms with van der Waals surface area (Å²) >= 11 is 6.14. The first-order valence-electron chi connectivity index (χ1n) is 7.27. The summed E-state index contributed by atoms with van der Waals surface area (Å²) in [5.41, 5.74) is 1.44. The fourth-order valence-corrected chi connectivity index (χ4v) is 3.33. The maximum absolute atomic E-state index is 6.14. The third kappa shape index (κ3) is 3.73. The van der Waals surface area contributed by atoms with E-state index in [9.17, 15) is 0 Å². The van der Waals surface area contributed by atoms with E-state index in [1.54, 1.807) is 0 Å². The maximum atomic E-state index is 6.14. The van der Waals surface area contributed by atoms with Crippen LogP contribution >= 0.6 is 11.6 Å². The van der Waals surface area contributed by atoms with Gasteiger partial charge in [0, 0.05) is 5.02 Å². The van der Waals surface area contributed by atoms with Crippen LogP contribution in [-0.4, -0.2) is 13.1 Å². The van der Waals surface area contributed by atoms with Crippen LogP contribution in [0, 0.1) is 5.92 Å². The van der Waals surface area contributed by atoms with Gasteiger partial charge >= 0.3 is 0 Å². The van der Waals surface area contributed by atoms with Crippen LogP contribution in [0.3, 0.4) is 0 Å². The summed E-state index contributed by atoms with van der Waals surface area (Å²) in [4.78, 5) is 0. The van der Waals surface area contributed by atoms with Crippen molar-refractivity contribution in [1.82, 2.24) is 5.32 Å². The third-order valence-electron chi connectivity index (χ3n) is 4.09. The number of nitrogens with one attached hydrogen (secondary N) is 1. The Balaban J connectivity index is 2.14. The van der Waals surface area contributed by atoms with Gasteiger partial charge in [-0.2, -0.15) is 0 Å². The Kier molecular flexibility index (Phi) is 5.52. The molecule has 0 aliphatic heterocycles. The molecule has 1 nitrogen and oxygen atoms in total. The summed E-state index contributed by atoms with van der Waals surface area (Å²) in [6, 6.07) is 8.48. The molecule has 1 aromatic rings. The number of hydrogen-bond acceptors (Lipinski definition) is 1. The number of hydrogen-bond donors (Lipinski definition) is 1. The lowest BCUT2D eigenvalue weighted by atomic mass is 9.82. The zero-order valence-corrected chi connectivity index (χ0v) is 12.0. The standard InChI is InChI=1S/C16H24ClN/c1-2-18-12-14-7-4-3-5-10-16(14)13-8-6-9-15(17)11-13/h6,8-9,11,14,16,18H,2-5,7,10,12H2,1H3. The second-order valence-corrected chi connectivity index (χ2v) is 5.80. The Bertz CT molecular complexity index is 364. The van der Waals surface area contributed by atoms with Crippen molar-refractivity contribution in [3.05, 3.63) is 34.9 Å². The van der Waals surface area contributed by atoms with Gasteiger partial charge in [0.1, 0.15) is 0 Å². The molecule has 2 rings (SSSR count). The number of benzene rings is 1. The van der Waals surface area contributed by atoms with Crippen molar-refractivity contribution < 1.29 is 0 Å². The van der Waals surface area contributed by atoms with Crippen LogP contribution in [0.2, 0.25) is 5.02 Å². The van der Waals surface area contributed by atoms with E-state index in [1.165, 1.54) is 37.7 Å². The zero-order chi connectivity index (χ0) is 12.8. The highest BCUT2D eigenvalue weighted by atomic mass is 35.5. The molecule has 1 aliphatic rings. The first-order valence-corrected chi connectivity index (χ1v) is 7.65. The first kappa shape index (κ1) is 13.9. The topological polar surface area (TPSA) is 12.0 Å². The fourth-order valence-electron chi connectivity index (χ4n) is 3.13. The lowest BCUT2D eigenvalue weighted by Gasteiger charge is -2.26. The molecule has 0 spiro atoms. The van der Waals surface area contributed by atoms with Gasteiger partial charge in [-0.25, -0.2) is 0 Å². The van der Waals surface area contributed by atoms with Crippen molar-refractivity contribution in [2.75, 3.05) is 13.1 Å². The molecule has 0 bridgehead atoms. The molecule has 0 aromatic heterocycles. The average Bonchev–Trinajstić information content (AvgIpc) is 2.61. The summed E-state index contributed by atoms with van der Waals surface area (Å²) in [6.45, 7) is 4.40. The van der Waals surface area contributed by atoms with Crippen LogP contribution in [0.1, 0.15) is 50.5 Å². The van der Waals surface area contributed by atoms with E-state index in [-0.39, 0.29) is 0 Å². The largest absolute Gasteiger partial charge is 0.317 e. The van der Waals surface area contributed by atoms with Crippen LogP contribution in [0.4, 0.5) is 0 Å². The molecule has 0 radical (unpaired) electrons. The summed E-state index contributed by atoms with van der Waals surface area (Å²) in [5.74, 6) is 1.45. The van der Waals surface area contributed by atoms with Crippen molar-refractivity contribution in [2.24, 2.45) is 5.92 Å². The van der Waals surface area contributed by atoms with Crippen molar-refractivity contribution in [3.63, 3.8) is 0 Å². The minimum atomic E-state index is 0.685. The Morgan fingerprint density at radius 2 is 2.06 bits per heavy atom. The summed E-state index contributed by atoms with van der Waals surface area (Å²) < 4.78 is 0. The molecule has 18 heavy (non-hydrogen) atoms. The number of halogens is 1. The van der Waals surface area contributed by atoms with E-state index < -0.39 is 0 Å². The van der Waals surface area contributed by atoms with Crippen molar-refractivity contribution in [2.45, 2.75) is 44.9 Å². The van der Waals surface area contributed by atoms with Crippen LogP contribution in [-0.2, 0) is 0 Å². The third-order valence-corrected chi connectivity index (χ3v) is 4.33. The highest BCUT2D eigenvalue weighted by Crippen LogP contribution is 2.36. The minimum absolute atomic E-state index is 0.685. The van der Waals surface area contributed by atoms with Gasteiger partial charge in [-0.15, -0.1) is 0 Å². The molecule has 2 heteroatoms. The van der Waals surface area contributed by atoms with Gasteiger partial charge in [-0.05, 0) is 55.5 Å². The van der Waals surface area contributed by atoms with Gasteiger partial charge in [-0.3, -0.25) is 0 Å². The van der Waals surface area contributed by atoms with E-state index in [1.807, 2.05) is 6.07 Å². The lowest BCUT2D eigenvalue weighted by molar-refractivity contribution is 0.379. The first-order chi connectivity index (χ1) is 8.81. The molecular formula is C16H24ClN. The minimum Gasteiger partial charge on any atom is -0.317 e. The van der Waals surface area contributed by atoms with Gasteiger partial charge in [0.15, 0.2) is 0 Å². The quantitative estimate of drug-likeness (QED) is 0.784. The van der Waals surface area contributed by atoms with Gasteiger partial charge in [0.2, 0.25) is 0 Å². The van der Waals surface area contributed by atoms with Crippen molar-refractivity contribution >= 4 is 11.6 Å². The van der Waals surface area contributed by atoms with Gasteiger partial charge in [0.25, 0.3) is 0 Å². The fraction of sp³-hybridized carbons (Fsp3) is 0.625. The van der Waals surface area contributed by atoms with Crippen molar-refractivity contribution in [1.29, 1.82) is 0 Å². The predicted molar refractivity (Wildman–Crippen MR) is 79.3 cm³/mol. The Morgan fingerprint density at radius 1 is 1.22 bits per heavy atom. The molecule has 1 aliphatic carbocycles. The summed E-state index contributed by atoms with van der Waals surface area (Å²) in [6.07, 6.45) is 6.80. The Morgan fingerprint density at radius 3 is 2.83 bits per heavy atom. The molecule has 0 heterocycles. The van der Waals surface area contributed by atoms with Crippen molar-refractivity contribution in [3.8, 4) is 0 Å². The molecule has 0 amide bonds. The molecule has 1 aromatic carbocycles. The second kappa shape index (κ2) is 7.16. The lowest BCUT2D eigenvalue weighted by Crippen LogP contribution is -2.26. The second-order valence-electron chi connectivity index (χ2n) is 5.37. The summed E-state index contributed by atoms with van der Waals surface area (Å²) in [5, 5.41) is 4.40. The molecule has 2 unspecified atom stereocenters. The monoisotopic (exact) mass is 265 g/mol. The Labute approximate surface area is 116 Å². The van der Waals surface area contributed by atoms with Gasteiger partial charge in [-0.1, -0.05) is 49.9 Å². The molecule has 2 atom stereocenters. The zero-order valence-electron chi connectivity index (χ0n) is 11.3. The van der Waals surface area contributed by atoms with Crippen LogP contribution < -0.4 is 5.32 Å².